The maximum absolute atomic E-state index is 13.3. The van der Waals surface area contributed by atoms with E-state index in [0.717, 1.165) is 0 Å². The Hall–Kier alpha value is -0.790. The van der Waals surface area contributed by atoms with E-state index in [4.69, 9.17) is 9.84 Å². The zero-order valence-corrected chi connectivity index (χ0v) is 11.7. The van der Waals surface area contributed by atoms with Crippen molar-refractivity contribution in [3.63, 3.8) is 0 Å². The first-order chi connectivity index (χ1) is 8.74. The van der Waals surface area contributed by atoms with Crippen LogP contribution in [-0.4, -0.2) is 61.8 Å². The number of ether oxygens (including phenoxy) is 1. The molecule has 0 bridgehead atoms. The highest BCUT2D eigenvalue weighted by Crippen LogP contribution is 2.01. The number of carbonyl (C=O) groups excluding carboxylic acids is 1. The molecule has 2 unspecified atom stereocenters. The third-order valence-electron chi connectivity index (χ3n) is 2.12. The van der Waals surface area contributed by atoms with Crippen molar-refractivity contribution in [2.24, 2.45) is 0 Å². The molecule has 0 aliphatic carbocycles. The molecule has 0 spiro atoms. The van der Waals surface area contributed by atoms with Crippen LogP contribution in [0.15, 0.2) is 0 Å². The molecule has 19 heavy (non-hydrogen) atoms. The predicted octanol–water partition coefficient (Wildman–Crippen LogP) is 0.176. The van der Waals surface area contributed by atoms with Gasteiger partial charge in [0.25, 0.3) is 0 Å². The van der Waals surface area contributed by atoms with Gasteiger partial charge in [-0.15, -0.1) is 0 Å². The molecule has 0 aromatic carbocycles. The Morgan fingerprint density at radius 2 is 1.74 bits per heavy atom. The first-order valence-corrected chi connectivity index (χ1v) is 6.23. The molecule has 2 atom stereocenters. The van der Waals surface area contributed by atoms with Gasteiger partial charge in [-0.05, 0) is 20.8 Å². The summed E-state index contributed by atoms with van der Waals surface area (Å²) in [6, 6.07) is 0. The summed E-state index contributed by atoms with van der Waals surface area (Å²) in [4.78, 5) is 10.6. The largest absolute Gasteiger partial charge is 0.387 e. The summed E-state index contributed by atoms with van der Waals surface area (Å²) in [7, 11) is 0. The first kappa shape index (κ1) is 18.2. The Labute approximate surface area is 112 Å². The van der Waals surface area contributed by atoms with Crippen LogP contribution in [0.1, 0.15) is 20.8 Å². The zero-order chi connectivity index (χ0) is 14.9. The van der Waals surface area contributed by atoms with Gasteiger partial charge in [-0.3, -0.25) is 4.79 Å². The van der Waals surface area contributed by atoms with E-state index in [2.05, 4.69) is 10.6 Å². The fourth-order valence-electron chi connectivity index (χ4n) is 1.14. The number of halogens is 2. The third-order valence-corrected chi connectivity index (χ3v) is 2.12. The molecule has 3 N–H and O–H groups in total. The summed E-state index contributed by atoms with van der Waals surface area (Å²) in [6.07, 6.45) is -2.63. The number of amides is 1. The molecule has 0 aromatic rings. The van der Waals surface area contributed by atoms with Crippen molar-refractivity contribution in [3.8, 4) is 0 Å². The summed E-state index contributed by atoms with van der Waals surface area (Å²) in [6.45, 7) is 4.47. The van der Waals surface area contributed by atoms with Crippen LogP contribution in [0.2, 0.25) is 0 Å². The Kier molecular flexibility index (Phi) is 8.79. The SMILES string of the molecule is CC(C)(C)NCC(F)COCC(F)CNC(=O)CO. The minimum Gasteiger partial charge on any atom is -0.387 e. The quantitative estimate of drug-likeness (QED) is 0.564. The normalized spacial score (nSPS) is 15.1. The smallest absolute Gasteiger partial charge is 0.245 e. The van der Waals surface area contributed by atoms with Gasteiger partial charge in [0.1, 0.15) is 19.0 Å². The highest BCUT2D eigenvalue weighted by atomic mass is 19.1. The molecule has 0 saturated heterocycles. The number of alkyl halides is 2. The van der Waals surface area contributed by atoms with Crippen molar-refractivity contribution in [2.75, 3.05) is 32.9 Å². The molecule has 0 aliphatic heterocycles. The topological polar surface area (TPSA) is 70.6 Å². The Balaban J connectivity index is 3.58. The van der Waals surface area contributed by atoms with E-state index < -0.39 is 24.9 Å². The van der Waals surface area contributed by atoms with Crippen molar-refractivity contribution in [1.82, 2.24) is 10.6 Å². The summed E-state index contributed by atoms with van der Waals surface area (Å²) >= 11 is 0. The van der Waals surface area contributed by atoms with Crippen LogP contribution >= 0.6 is 0 Å². The number of carbonyl (C=O) groups is 1. The predicted molar refractivity (Wildman–Crippen MR) is 68.5 cm³/mol. The van der Waals surface area contributed by atoms with Crippen molar-refractivity contribution in [2.45, 2.75) is 38.7 Å². The van der Waals surface area contributed by atoms with Gasteiger partial charge in [-0.2, -0.15) is 0 Å². The Morgan fingerprint density at radius 3 is 2.21 bits per heavy atom. The summed E-state index contributed by atoms with van der Waals surface area (Å²) in [5.74, 6) is -0.652. The molecule has 0 heterocycles. The van der Waals surface area contributed by atoms with E-state index >= 15 is 0 Å². The number of aliphatic hydroxyl groups excluding tert-OH is 1. The van der Waals surface area contributed by atoms with Crippen LogP contribution in [0.25, 0.3) is 0 Å². The second-order valence-corrected chi connectivity index (χ2v) is 5.33. The van der Waals surface area contributed by atoms with E-state index in [-0.39, 0.29) is 31.8 Å². The van der Waals surface area contributed by atoms with Gasteiger partial charge in [-0.1, -0.05) is 0 Å². The number of hydrogen-bond acceptors (Lipinski definition) is 4. The van der Waals surface area contributed by atoms with E-state index in [1.165, 1.54) is 0 Å². The van der Waals surface area contributed by atoms with Crippen LogP contribution in [0.5, 0.6) is 0 Å². The van der Waals surface area contributed by atoms with Gasteiger partial charge in [0.2, 0.25) is 5.91 Å². The molecule has 0 saturated carbocycles. The van der Waals surface area contributed by atoms with Gasteiger partial charge in [-0.25, -0.2) is 8.78 Å². The summed E-state index contributed by atoms with van der Waals surface area (Å²) < 4.78 is 31.4. The fourth-order valence-corrected chi connectivity index (χ4v) is 1.14. The molecule has 114 valence electrons. The summed E-state index contributed by atoms with van der Waals surface area (Å²) in [5.41, 5.74) is -0.179. The van der Waals surface area contributed by atoms with Crippen LogP contribution in [0, 0.1) is 0 Å². The summed E-state index contributed by atoms with van der Waals surface area (Å²) in [5, 5.41) is 13.5. The van der Waals surface area contributed by atoms with Gasteiger partial charge in [0.15, 0.2) is 0 Å². The van der Waals surface area contributed by atoms with Gasteiger partial charge in [0.05, 0.1) is 19.8 Å². The molecule has 0 aromatic heterocycles. The number of rotatable bonds is 9. The second-order valence-electron chi connectivity index (χ2n) is 5.33. The minimum absolute atomic E-state index is 0.141. The molecular weight excluding hydrogens is 258 g/mol. The molecule has 1 amide bonds. The van der Waals surface area contributed by atoms with E-state index in [1.54, 1.807) is 0 Å². The van der Waals surface area contributed by atoms with Crippen LogP contribution < -0.4 is 10.6 Å². The van der Waals surface area contributed by atoms with E-state index in [1.807, 2.05) is 20.8 Å². The second kappa shape index (κ2) is 9.17. The lowest BCUT2D eigenvalue weighted by atomic mass is 10.1. The number of aliphatic hydroxyl groups is 1. The third kappa shape index (κ3) is 12.0. The lowest BCUT2D eigenvalue weighted by Crippen LogP contribution is -2.41. The highest BCUT2D eigenvalue weighted by molar-refractivity contribution is 5.76. The van der Waals surface area contributed by atoms with Gasteiger partial charge >= 0.3 is 0 Å². The lowest BCUT2D eigenvalue weighted by Gasteiger charge is -2.22. The van der Waals surface area contributed by atoms with Crippen molar-refractivity contribution in [1.29, 1.82) is 0 Å². The molecule has 0 rings (SSSR count). The van der Waals surface area contributed by atoms with Crippen LogP contribution in [0.3, 0.4) is 0 Å². The molecule has 0 aliphatic rings. The molecule has 0 fully saturated rings. The monoisotopic (exact) mass is 282 g/mol. The number of hydrogen-bond donors (Lipinski definition) is 3. The lowest BCUT2D eigenvalue weighted by molar-refractivity contribution is -0.124. The first-order valence-electron chi connectivity index (χ1n) is 6.23. The fraction of sp³-hybridized carbons (Fsp3) is 0.917. The van der Waals surface area contributed by atoms with Crippen molar-refractivity contribution < 1.29 is 23.4 Å². The van der Waals surface area contributed by atoms with Gasteiger partial charge in [0, 0.05) is 12.1 Å². The number of nitrogens with one attached hydrogen (secondary N) is 2. The maximum Gasteiger partial charge on any atom is 0.245 e. The average Bonchev–Trinajstić information content (AvgIpc) is 2.32. The molecular formula is C12H24F2N2O3. The maximum atomic E-state index is 13.3. The van der Waals surface area contributed by atoms with Crippen molar-refractivity contribution >= 4 is 5.91 Å². The minimum atomic E-state index is -1.42. The van der Waals surface area contributed by atoms with Crippen LogP contribution in [-0.2, 0) is 9.53 Å². The van der Waals surface area contributed by atoms with Crippen LogP contribution in [0.4, 0.5) is 8.78 Å². The van der Waals surface area contributed by atoms with Gasteiger partial charge < -0.3 is 20.5 Å². The Bertz CT molecular complexity index is 260. The average molecular weight is 282 g/mol. The molecule has 7 heteroatoms. The standard InChI is InChI=1S/C12H24F2N2O3/c1-12(2,3)16-5-10(14)8-19-7-9(13)4-15-11(18)6-17/h9-10,16-17H,4-8H2,1-3H3,(H,15,18). The highest BCUT2D eigenvalue weighted by Gasteiger charge is 2.15. The van der Waals surface area contributed by atoms with E-state index in [9.17, 15) is 13.6 Å². The van der Waals surface area contributed by atoms with Crippen molar-refractivity contribution in [3.05, 3.63) is 0 Å². The van der Waals surface area contributed by atoms with E-state index in [0.29, 0.717) is 0 Å². The molecule has 0 radical (unpaired) electrons. The molecule has 5 nitrogen and oxygen atoms in total. The Morgan fingerprint density at radius 1 is 1.21 bits per heavy atom. The zero-order valence-electron chi connectivity index (χ0n) is 11.7.